The molecule has 0 radical (unpaired) electrons. The fourth-order valence-electron chi connectivity index (χ4n) is 2.28. The number of carbonyl (C=O) groups is 1. The molecule has 24 heavy (non-hydrogen) atoms. The number of alkyl halides is 3. The highest BCUT2D eigenvalue weighted by atomic mass is 19.4. The highest BCUT2D eigenvalue weighted by Crippen LogP contribution is 2.28. The van der Waals surface area contributed by atoms with Crippen LogP contribution in [0.1, 0.15) is 68.6 Å². The molecule has 0 heterocycles. The summed E-state index contributed by atoms with van der Waals surface area (Å²) in [5.74, 6) is -2.21. The third-order valence-electron chi connectivity index (χ3n) is 3.63. The first kappa shape index (κ1) is 20.3. The quantitative estimate of drug-likeness (QED) is 0.278. The SMILES string of the molecule is CCCCCCCCC/C=C(\OC(=O)c1ccccc1)C(F)(F)F. The van der Waals surface area contributed by atoms with Crippen LogP contribution in [0, 0.1) is 0 Å². The van der Waals surface area contributed by atoms with Gasteiger partial charge in [-0.1, -0.05) is 63.6 Å². The summed E-state index contributed by atoms with van der Waals surface area (Å²) in [5, 5.41) is 0. The molecule has 1 aromatic carbocycles. The summed E-state index contributed by atoms with van der Waals surface area (Å²) in [6.07, 6.45) is 3.81. The van der Waals surface area contributed by atoms with E-state index in [9.17, 15) is 18.0 Å². The first-order chi connectivity index (χ1) is 11.4. The van der Waals surface area contributed by atoms with Crippen molar-refractivity contribution in [2.24, 2.45) is 0 Å². The molecule has 0 saturated heterocycles. The minimum atomic E-state index is -4.66. The number of allylic oxidation sites excluding steroid dienone is 2. The Morgan fingerprint density at radius 3 is 2.17 bits per heavy atom. The lowest BCUT2D eigenvalue weighted by Crippen LogP contribution is -2.18. The van der Waals surface area contributed by atoms with E-state index in [1.165, 1.54) is 31.4 Å². The Morgan fingerprint density at radius 2 is 1.58 bits per heavy atom. The molecular weight excluding hydrogens is 317 g/mol. The van der Waals surface area contributed by atoms with Crippen LogP contribution in [0.3, 0.4) is 0 Å². The molecule has 0 aliphatic carbocycles. The average molecular weight is 342 g/mol. The number of unbranched alkanes of at least 4 members (excludes halogenated alkanes) is 7. The van der Waals surface area contributed by atoms with Crippen LogP contribution in [0.2, 0.25) is 0 Å². The van der Waals surface area contributed by atoms with Crippen LogP contribution < -0.4 is 0 Å². The molecule has 0 spiro atoms. The van der Waals surface area contributed by atoms with E-state index >= 15 is 0 Å². The van der Waals surface area contributed by atoms with Gasteiger partial charge in [0.05, 0.1) is 5.56 Å². The zero-order chi connectivity index (χ0) is 17.8. The molecule has 0 bridgehead atoms. The molecule has 0 unspecified atom stereocenters. The Balaban J connectivity index is 2.46. The Kier molecular flexibility index (Phi) is 9.20. The number of carbonyl (C=O) groups excluding carboxylic acids is 1. The van der Waals surface area contributed by atoms with Gasteiger partial charge >= 0.3 is 12.1 Å². The average Bonchev–Trinajstić information content (AvgIpc) is 2.55. The number of rotatable bonds is 10. The highest BCUT2D eigenvalue weighted by molar-refractivity contribution is 5.90. The summed E-state index contributed by atoms with van der Waals surface area (Å²) in [6.45, 7) is 2.14. The van der Waals surface area contributed by atoms with Gasteiger partial charge in [0.25, 0.3) is 0 Å². The first-order valence-electron chi connectivity index (χ1n) is 8.49. The summed E-state index contributed by atoms with van der Waals surface area (Å²) in [4.78, 5) is 11.8. The third-order valence-corrected chi connectivity index (χ3v) is 3.63. The monoisotopic (exact) mass is 342 g/mol. The minimum absolute atomic E-state index is 0.101. The van der Waals surface area contributed by atoms with Crippen LogP contribution in [0.15, 0.2) is 42.2 Å². The molecule has 0 saturated carbocycles. The van der Waals surface area contributed by atoms with E-state index in [0.29, 0.717) is 6.42 Å². The van der Waals surface area contributed by atoms with Gasteiger partial charge in [0.1, 0.15) is 0 Å². The summed E-state index contributed by atoms with van der Waals surface area (Å²) in [5.41, 5.74) is 0.101. The van der Waals surface area contributed by atoms with Crippen molar-refractivity contribution in [1.82, 2.24) is 0 Å². The van der Waals surface area contributed by atoms with E-state index in [0.717, 1.165) is 25.3 Å². The zero-order valence-electron chi connectivity index (χ0n) is 14.1. The maximum Gasteiger partial charge on any atom is 0.449 e. The number of hydrogen-bond acceptors (Lipinski definition) is 2. The van der Waals surface area contributed by atoms with Gasteiger partial charge in [0.2, 0.25) is 5.76 Å². The summed E-state index contributed by atoms with van der Waals surface area (Å²) in [7, 11) is 0. The molecule has 0 aromatic heterocycles. The van der Waals surface area contributed by atoms with Gasteiger partial charge in [-0.05, 0) is 31.1 Å². The molecule has 0 aliphatic heterocycles. The first-order valence-corrected chi connectivity index (χ1v) is 8.49. The van der Waals surface area contributed by atoms with Gasteiger partial charge in [0, 0.05) is 0 Å². The number of ether oxygens (including phenoxy) is 1. The van der Waals surface area contributed by atoms with Crippen molar-refractivity contribution in [1.29, 1.82) is 0 Å². The van der Waals surface area contributed by atoms with E-state index in [1.807, 2.05) is 0 Å². The largest absolute Gasteiger partial charge is 0.449 e. The van der Waals surface area contributed by atoms with Gasteiger partial charge < -0.3 is 4.74 Å². The fraction of sp³-hybridized carbons (Fsp3) is 0.526. The lowest BCUT2D eigenvalue weighted by molar-refractivity contribution is -0.123. The normalized spacial score (nSPS) is 12.2. The van der Waals surface area contributed by atoms with E-state index in [-0.39, 0.29) is 12.0 Å². The van der Waals surface area contributed by atoms with Crippen LogP contribution in [0.4, 0.5) is 13.2 Å². The molecule has 1 rings (SSSR count). The number of hydrogen-bond donors (Lipinski definition) is 0. The molecule has 134 valence electrons. The zero-order valence-corrected chi connectivity index (χ0v) is 14.1. The third kappa shape index (κ3) is 8.18. The molecule has 0 atom stereocenters. The molecule has 2 nitrogen and oxygen atoms in total. The Morgan fingerprint density at radius 1 is 1.00 bits per heavy atom. The smallest absolute Gasteiger partial charge is 0.418 e. The molecule has 5 heteroatoms. The minimum Gasteiger partial charge on any atom is -0.418 e. The molecule has 0 aliphatic rings. The van der Waals surface area contributed by atoms with Gasteiger partial charge in [-0.15, -0.1) is 0 Å². The Labute approximate surface area is 141 Å². The van der Waals surface area contributed by atoms with Crippen molar-refractivity contribution in [3.63, 3.8) is 0 Å². The maximum atomic E-state index is 13.0. The van der Waals surface area contributed by atoms with Crippen molar-refractivity contribution in [2.45, 2.75) is 64.5 Å². The standard InChI is InChI=1S/C19H25F3O2/c1-2-3-4-5-6-7-8-12-15-17(19(20,21)22)24-18(23)16-13-10-9-11-14-16/h9-11,13-15H,2-8,12H2,1H3/b17-15-. The van der Waals surface area contributed by atoms with Crippen molar-refractivity contribution in [2.75, 3.05) is 0 Å². The predicted octanol–water partition coefficient (Wildman–Crippen LogP) is 6.43. The van der Waals surface area contributed by atoms with Crippen LogP contribution in [-0.4, -0.2) is 12.1 Å². The number of esters is 1. The Bertz CT molecular complexity index is 507. The van der Waals surface area contributed by atoms with E-state index in [4.69, 9.17) is 0 Å². The van der Waals surface area contributed by atoms with Crippen LogP contribution >= 0.6 is 0 Å². The van der Waals surface area contributed by atoms with E-state index in [1.54, 1.807) is 18.2 Å². The van der Waals surface area contributed by atoms with Gasteiger partial charge in [-0.2, -0.15) is 13.2 Å². The summed E-state index contributed by atoms with van der Waals surface area (Å²) >= 11 is 0. The summed E-state index contributed by atoms with van der Waals surface area (Å²) in [6, 6.07) is 7.68. The molecule has 0 amide bonds. The second kappa shape index (κ2) is 10.9. The van der Waals surface area contributed by atoms with Crippen molar-refractivity contribution in [3.05, 3.63) is 47.7 Å². The Hall–Kier alpha value is -1.78. The van der Waals surface area contributed by atoms with E-state index in [2.05, 4.69) is 11.7 Å². The van der Waals surface area contributed by atoms with Crippen molar-refractivity contribution >= 4 is 5.97 Å². The summed E-state index contributed by atoms with van der Waals surface area (Å²) < 4.78 is 43.5. The van der Waals surface area contributed by atoms with Crippen LogP contribution in [0.25, 0.3) is 0 Å². The van der Waals surface area contributed by atoms with Gasteiger partial charge in [-0.3, -0.25) is 0 Å². The molecule has 1 aromatic rings. The van der Waals surface area contributed by atoms with E-state index < -0.39 is 17.9 Å². The van der Waals surface area contributed by atoms with Crippen LogP contribution in [0.5, 0.6) is 0 Å². The van der Waals surface area contributed by atoms with Gasteiger partial charge in [-0.25, -0.2) is 4.79 Å². The molecule has 0 N–H and O–H groups in total. The lowest BCUT2D eigenvalue weighted by atomic mass is 10.1. The highest BCUT2D eigenvalue weighted by Gasteiger charge is 2.37. The van der Waals surface area contributed by atoms with Crippen molar-refractivity contribution in [3.8, 4) is 0 Å². The number of benzene rings is 1. The molecular formula is C19H25F3O2. The maximum absolute atomic E-state index is 13.0. The lowest BCUT2D eigenvalue weighted by Gasteiger charge is -2.12. The number of halogens is 3. The fourth-order valence-corrected chi connectivity index (χ4v) is 2.28. The predicted molar refractivity (Wildman–Crippen MR) is 88.6 cm³/mol. The second-order valence-electron chi connectivity index (χ2n) is 5.73. The molecule has 0 fully saturated rings. The van der Waals surface area contributed by atoms with Crippen LogP contribution in [-0.2, 0) is 4.74 Å². The van der Waals surface area contributed by atoms with Gasteiger partial charge in [0.15, 0.2) is 0 Å². The van der Waals surface area contributed by atoms with Crippen molar-refractivity contribution < 1.29 is 22.7 Å². The second-order valence-corrected chi connectivity index (χ2v) is 5.73. The topological polar surface area (TPSA) is 26.3 Å².